The first kappa shape index (κ1) is 36.9. The SMILES string of the molecule is CC(C)(c1cccc(Cl)c1)C(OC(=O)N[C@@H](CC1CCCCC1)C(=O)N[C@@H](CC1CCNC1=O)C(O)C(=O)NC1CC1)c1ccccc1Cl. The quantitative estimate of drug-likeness (QED) is 0.169. The zero-order valence-electron chi connectivity index (χ0n) is 28.2. The summed E-state index contributed by atoms with van der Waals surface area (Å²) < 4.78 is 6.19. The van der Waals surface area contributed by atoms with Crippen molar-refractivity contribution < 1.29 is 29.0 Å². The van der Waals surface area contributed by atoms with E-state index in [9.17, 15) is 24.3 Å². The monoisotopic (exact) mass is 714 g/mol. The Hall–Kier alpha value is -3.34. The molecule has 0 bridgehead atoms. The van der Waals surface area contributed by atoms with Gasteiger partial charge >= 0.3 is 6.09 Å². The van der Waals surface area contributed by atoms with Crippen LogP contribution in [0.25, 0.3) is 0 Å². The van der Waals surface area contributed by atoms with Crippen molar-refractivity contribution in [2.75, 3.05) is 6.54 Å². The topological polar surface area (TPSA) is 146 Å². The Morgan fingerprint density at radius 1 is 0.939 bits per heavy atom. The Morgan fingerprint density at radius 3 is 2.33 bits per heavy atom. The van der Waals surface area contributed by atoms with Gasteiger partial charge in [0.05, 0.1) is 6.04 Å². The van der Waals surface area contributed by atoms with E-state index in [0.717, 1.165) is 50.5 Å². The minimum atomic E-state index is -1.57. The van der Waals surface area contributed by atoms with Gasteiger partial charge in [0, 0.05) is 39.5 Å². The fraction of sp³-hybridized carbons (Fsp3) is 0.568. The van der Waals surface area contributed by atoms with Gasteiger partial charge in [0.2, 0.25) is 11.8 Å². The van der Waals surface area contributed by atoms with Crippen molar-refractivity contribution in [1.82, 2.24) is 21.3 Å². The molecular weight excluding hydrogens is 667 g/mol. The number of nitrogens with one attached hydrogen (secondary N) is 4. The summed E-state index contributed by atoms with van der Waals surface area (Å²) >= 11 is 13.0. The summed E-state index contributed by atoms with van der Waals surface area (Å²) in [6, 6.07) is 12.4. The minimum absolute atomic E-state index is 0.00555. The fourth-order valence-corrected chi connectivity index (χ4v) is 7.45. The summed E-state index contributed by atoms with van der Waals surface area (Å²) in [4.78, 5) is 53.4. The van der Waals surface area contributed by atoms with Crippen LogP contribution in [0.15, 0.2) is 48.5 Å². The molecule has 3 fully saturated rings. The van der Waals surface area contributed by atoms with Crippen LogP contribution in [-0.2, 0) is 24.5 Å². The second kappa shape index (κ2) is 16.6. The number of amides is 4. The number of aliphatic hydroxyl groups is 1. The third-order valence-electron chi connectivity index (χ3n) is 10.1. The second-order valence-electron chi connectivity index (χ2n) is 14.3. The van der Waals surface area contributed by atoms with Gasteiger partial charge in [-0.25, -0.2) is 4.79 Å². The lowest BCUT2D eigenvalue weighted by molar-refractivity contribution is -0.134. The summed E-state index contributed by atoms with van der Waals surface area (Å²) in [5.74, 6) is -1.59. The Morgan fingerprint density at radius 2 is 1.67 bits per heavy atom. The molecule has 3 aliphatic rings. The number of carbonyl (C=O) groups excluding carboxylic acids is 4. The standard InChI is InChI=1S/C37H48Cl2N4O6/c1-37(2,24-11-8-12-25(38)21-24)32(27-13-6-7-14-28(27)39)49-36(48)43-30(19-22-9-4-3-5-10-22)34(46)42-29(20-23-17-18-40-33(23)45)31(44)35(47)41-26-15-16-26/h6-8,11-14,21-23,26,29-32,44H,3-5,9-10,15-20H2,1-2H3,(H,40,45)(H,41,47)(H,42,46)(H,43,48)/t23?,29-,30-,31?,32?/m0/s1. The molecule has 1 aliphatic heterocycles. The van der Waals surface area contributed by atoms with Crippen molar-refractivity contribution in [2.45, 2.75) is 114 Å². The molecule has 5 rings (SSSR count). The number of rotatable bonds is 14. The highest BCUT2D eigenvalue weighted by atomic mass is 35.5. The van der Waals surface area contributed by atoms with Gasteiger partial charge in [-0.1, -0.05) is 99.5 Å². The Kier molecular flexibility index (Phi) is 12.5. The van der Waals surface area contributed by atoms with Crippen LogP contribution in [0.1, 0.15) is 95.3 Å². The number of hydrogen-bond donors (Lipinski definition) is 5. The van der Waals surface area contributed by atoms with Crippen molar-refractivity contribution in [1.29, 1.82) is 0 Å². The van der Waals surface area contributed by atoms with E-state index in [4.69, 9.17) is 27.9 Å². The van der Waals surface area contributed by atoms with E-state index in [2.05, 4.69) is 21.3 Å². The minimum Gasteiger partial charge on any atom is -0.440 e. The van der Waals surface area contributed by atoms with Crippen LogP contribution in [0, 0.1) is 11.8 Å². The van der Waals surface area contributed by atoms with E-state index in [1.807, 2.05) is 38.1 Å². The average molecular weight is 716 g/mol. The summed E-state index contributed by atoms with van der Waals surface area (Å²) in [6.45, 7) is 4.36. The lowest BCUT2D eigenvalue weighted by Gasteiger charge is -2.36. The Labute approximate surface area is 298 Å². The van der Waals surface area contributed by atoms with E-state index >= 15 is 0 Å². The highest BCUT2D eigenvalue weighted by Crippen LogP contribution is 2.42. The number of aliphatic hydroxyl groups excluding tert-OH is 1. The highest BCUT2D eigenvalue weighted by Gasteiger charge is 2.40. The molecule has 1 heterocycles. The maximum atomic E-state index is 14.1. The maximum absolute atomic E-state index is 14.1. The summed E-state index contributed by atoms with van der Waals surface area (Å²) in [5, 5.41) is 23.3. The summed E-state index contributed by atoms with van der Waals surface area (Å²) in [7, 11) is 0. The zero-order valence-corrected chi connectivity index (χ0v) is 29.7. The molecule has 3 unspecified atom stereocenters. The smallest absolute Gasteiger partial charge is 0.408 e. The molecule has 1 saturated heterocycles. The van der Waals surface area contributed by atoms with Crippen LogP contribution in [0.4, 0.5) is 4.79 Å². The lowest BCUT2D eigenvalue weighted by Crippen LogP contribution is -2.57. The molecule has 0 aromatic heterocycles. The number of hydrogen-bond acceptors (Lipinski definition) is 6. The number of ether oxygens (including phenoxy) is 1. The number of halogens is 2. The molecule has 0 radical (unpaired) electrons. The van der Waals surface area contributed by atoms with E-state index in [-0.39, 0.29) is 24.3 Å². The first-order valence-corrected chi connectivity index (χ1v) is 18.2. The maximum Gasteiger partial charge on any atom is 0.408 e. The van der Waals surface area contributed by atoms with Crippen LogP contribution in [0.2, 0.25) is 10.0 Å². The van der Waals surface area contributed by atoms with E-state index < -0.39 is 53.5 Å². The summed E-state index contributed by atoms with van der Waals surface area (Å²) in [6.07, 6.45) is 4.42. The molecule has 12 heteroatoms. The van der Waals surface area contributed by atoms with Crippen LogP contribution in [0.3, 0.4) is 0 Å². The van der Waals surface area contributed by atoms with Crippen LogP contribution in [0.5, 0.6) is 0 Å². The van der Waals surface area contributed by atoms with E-state index in [0.29, 0.717) is 35.0 Å². The summed E-state index contributed by atoms with van der Waals surface area (Å²) in [5.41, 5.74) is 0.629. The lowest BCUT2D eigenvalue weighted by atomic mass is 9.76. The first-order chi connectivity index (χ1) is 23.4. The van der Waals surface area contributed by atoms with Crippen molar-refractivity contribution in [3.05, 3.63) is 69.7 Å². The predicted octanol–water partition coefficient (Wildman–Crippen LogP) is 5.73. The molecule has 2 aromatic carbocycles. The van der Waals surface area contributed by atoms with Crippen LogP contribution >= 0.6 is 23.2 Å². The van der Waals surface area contributed by atoms with Crippen LogP contribution < -0.4 is 21.3 Å². The molecule has 49 heavy (non-hydrogen) atoms. The second-order valence-corrected chi connectivity index (χ2v) is 15.2. The predicted molar refractivity (Wildman–Crippen MR) is 188 cm³/mol. The van der Waals surface area contributed by atoms with Crippen molar-refractivity contribution in [2.24, 2.45) is 11.8 Å². The molecule has 5 N–H and O–H groups in total. The molecule has 266 valence electrons. The molecular formula is C37H48Cl2N4O6. The van der Waals surface area contributed by atoms with Crippen molar-refractivity contribution >= 4 is 47.0 Å². The number of benzene rings is 2. The Balaban J connectivity index is 1.38. The molecule has 2 saturated carbocycles. The third kappa shape index (κ3) is 9.89. The van der Waals surface area contributed by atoms with Gasteiger partial charge in [-0.3, -0.25) is 14.4 Å². The average Bonchev–Trinajstić information content (AvgIpc) is 3.81. The van der Waals surface area contributed by atoms with Gasteiger partial charge in [-0.15, -0.1) is 0 Å². The van der Waals surface area contributed by atoms with Gasteiger partial charge in [0.15, 0.2) is 6.10 Å². The van der Waals surface area contributed by atoms with Crippen molar-refractivity contribution in [3.63, 3.8) is 0 Å². The van der Waals surface area contributed by atoms with Gasteiger partial charge in [0.25, 0.3) is 5.91 Å². The fourth-order valence-electron chi connectivity index (χ4n) is 7.02. The largest absolute Gasteiger partial charge is 0.440 e. The van der Waals surface area contributed by atoms with Crippen molar-refractivity contribution in [3.8, 4) is 0 Å². The van der Waals surface area contributed by atoms with E-state index in [1.165, 1.54) is 0 Å². The molecule has 2 aromatic rings. The molecule has 10 nitrogen and oxygen atoms in total. The number of carbonyl (C=O) groups is 4. The normalized spacial score (nSPS) is 20.8. The Bertz CT molecular complexity index is 1490. The van der Waals surface area contributed by atoms with Gasteiger partial charge < -0.3 is 31.1 Å². The zero-order chi connectivity index (χ0) is 35.1. The van der Waals surface area contributed by atoms with Crippen LogP contribution in [-0.4, -0.2) is 59.7 Å². The molecule has 0 spiro atoms. The molecule has 4 amide bonds. The van der Waals surface area contributed by atoms with Gasteiger partial charge in [-0.05, 0) is 61.8 Å². The van der Waals surface area contributed by atoms with Gasteiger partial charge in [0.1, 0.15) is 12.1 Å². The number of alkyl carbamates (subject to hydrolysis) is 1. The molecule has 5 atom stereocenters. The van der Waals surface area contributed by atoms with E-state index in [1.54, 1.807) is 24.3 Å². The first-order valence-electron chi connectivity index (χ1n) is 17.5. The highest BCUT2D eigenvalue weighted by molar-refractivity contribution is 6.31. The van der Waals surface area contributed by atoms with Gasteiger partial charge in [-0.2, -0.15) is 0 Å². The third-order valence-corrected chi connectivity index (χ3v) is 10.7. The molecule has 2 aliphatic carbocycles.